The van der Waals surface area contributed by atoms with E-state index in [0.717, 1.165) is 10.6 Å². The summed E-state index contributed by atoms with van der Waals surface area (Å²) in [4.78, 5) is 26.0. The van der Waals surface area contributed by atoms with Crippen LogP contribution >= 0.6 is 11.6 Å². The van der Waals surface area contributed by atoms with Crippen LogP contribution in [0, 0.1) is 0 Å². The predicted molar refractivity (Wildman–Crippen MR) is 68.7 cm³/mol. The number of nitrogens with zero attached hydrogens (tertiary/aromatic N) is 1. The number of ether oxygens (including phenoxy) is 2. The Balaban J connectivity index is 2.18. The number of halogens is 1. The van der Waals surface area contributed by atoms with Crippen molar-refractivity contribution in [1.82, 2.24) is 9.55 Å². The normalized spacial score (nSPS) is 13.3. The Hall–Kier alpha value is -2.21. The van der Waals surface area contributed by atoms with Crippen LogP contribution in [0.5, 0.6) is 11.5 Å². The van der Waals surface area contributed by atoms with Gasteiger partial charge in [0, 0.05) is 12.1 Å². The van der Waals surface area contributed by atoms with Gasteiger partial charge in [-0.05, 0) is 12.1 Å². The standard InChI is InChI=1S/C12H9ClN2O4/c13-10-6-11(16)15(12(17)14-10)7-1-2-8-9(5-7)19-4-3-18-8/h1-2,5-6H,3-4H2,(H,14,17). The minimum absolute atomic E-state index is 0.00351. The van der Waals surface area contributed by atoms with Crippen LogP contribution in [-0.4, -0.2) is 22.8 Å². The van der Waals surface area contributed by atoms with E-state index in [2.05, 4.69) is 4.98 Å². The van der Waals surface area contributed by atoms with Gasteiger partial charge in [0.25, 0.3) is 5.56 Å². The van der Waals surface area contributed by atoms with Crippen LogP contribution in [0.1, 0.15) is 0 Å². The summed E-state index contributed by atoms with van der Waals surface area (Å²) in [6.45, 7) is 0.913. The largest absolute Gasteiger partial charge is 0.486 e. The molecule has 7 heteroatoms. The molecule has 19 heavy (non-hydrogen) atoms. The van der Waals surface area contributed by atoms with E-state index in [4.69, 9.17) is 21.1 Å². The maximum absolute atomic E-state index is 11.8. The second kappa shape index (κ2) is 4.47. The van der Waals surface area contributed by atoms with E-state index in [1.54, 1.807) is 18.2 Å². The first-order valence-corrected chi connectivity index (χ1v) is 5.95. The number of hydrogen-bond donors (Lipinski definition) is 1. The smallest absolute Gasteiger partial charge is 0.334 e. The minimum Gasteiger partial charge on any atom is -0.486 e. The number of rotatable bonds is 1. The van der Waals surface area contributed by atoms with Gasteiger partial charge in [0.2, 0.25) is 0 Å². The fourth-order valence-corrected chi connectivity index (χ4v) is 2.06. The molecule has 98 valence electrons. The summed E-state index contributed by atoms with van der Waals surface area (Å²) < 4.78 is 11.8. The molecule has 1 aliphatic rings. The van der Waals surface area contributed by atoms with Crippen molar-refractivity contribution in [3.63, 3.8) is 0 Å². The summed E-state index contributed by atoms with van der Waals surface area (Å²) in [5.41, 5.74) is -0.716. The Bertz CT molecular complexity index is 719. The summed E-state index contributed by atoms with van der Waals surface area (Å²) in [7, 11) is 0. The molecular formula is C12H9ClN2O4. The number of benzene rings is 1. The van der Waals surface area contributed by atoms with Crippen molar-refractivity contribution < 1.29 is 9.47 Å². The molecule has 0 saturated carbocycles. The zero-order valence-electron chi connectivity index (χ0n) is 9.68. The molecule has 0 bridgehead atoms. The highest BCUT2D eigenvalue weighted by molar-refractivity contribution is 6.29. The molecule has 6 nitrogen and oxygen atoms in total. The third kappa shape index (κ3) is 2.10. The van der Waals surface area contributed by atoms with Crippen LogP contribution in [0.4, 0.5) is 0 Å². The first-order valence-electron chi connectivity index (χ1n) is 5.57. The van der Waals surface area contributed by atoms with Crippen LogP contribution in [0.3, 0.4) is 0 Å². The van der Waals surface area contributed by atoms with Crippen molar-refractivity contribution >= 4 is 11.6 Å². The Morgan fingerprint density at radius 2 is 1.84 bits per heavy atom. The average molecular weight is 281 g/mol. The van der Waals surface area contributed by atoms with Gasteiger partial charge in [-0.3, -0.25) is 9.78 Å². The van der Waals surface area contributed by atoms with E-state index in [0.29, 0.717) is 30.4 Å². The SMILES string of the molecule is O=c1cc(Cl)[nH]c(=O)n1-c1ccc2c(c1)OCCO2. The van der Waals surface area contributed by atoms with Crippen molar-refractivity contribution in [1.29, 1.82) is 0 Å². The van der Waals surface area contributed by atoms with E-state index in [1.807, 2.05) is 0 Å². The highest BCUT2D eigenvalue weighted by atomic mass is 35.5. The Labute approximate surface area is 112 Å². The fourth-order valence-electron chi connectivity index (χ4n) is 1.88. The molecule has 1 aromatic heterocycles. The molecule has 0 unspecified atom stereocenters. The Morgan fingerprint density at radius 3 is 2.58 bits per heavy atom. The molecule has 0 saturated heterocycles. The summed E-state index contributed by atoms with van der Waals surface area (Å²) in [5, 5.41) is 0.00351. The summed E-state index contributed by atoms with van der Waals surface area (Å²) in [5.74, 6) is 1.10. The topological polar surface area (TPSA) is 73.3 Å². The first-order chi connectivity index (χ1) is 9.15. The predicted octanol–water partition coefficient (Wildman–Crippen LogP) is 0.950. The zero-order chi connectivity index (χ0) is 13.4. The van der Waals surface area contributed by atoms with E-state index >= 15 is 0 Å². The summed E-state index contributed by atoms with van der Waals surface area (Å²) in [6, 6.07) is 5.99. The fraction of sp³-hybridized carbons (Fsp3) is 0.167. The van der Waals surface area contributed by atoms with Gasteiger partial charge in [-0.1, -0.05) is 11.6 Å². The van der Waals surface area contributed by atoms with Gasteiger partial charge in [-0.15, -0.1) is 0 Å². The molecule has 2 heterocycles. The van der Waals surface area contributed by atoms with Crippen molar-refractivity contribution in [2.24, 2.45) is 0 Å². The van der Waals surface area contributed by atoms with Crippen molar-refractivity contribution in [2.45, 2.75) is 0 Å². The van der Waals surface area contributed by atoms with Gasteiger partial charge in [0.1, 0.15) is 18.4 Å². The van der Waals surface area contributed by atoms with Gasteiger partial charge in [-0.25, -0.2) is 9.36 Å². The van der Waals surface area contributed by atoms with Gasteiger partial charge >= 0.3 is 5.69 Å². The van der Waals surface area contributed by atoms with Crippen LogP contribution in [-0.2, 0) is 0 Å². The number of nitrogens with one attached hydrogen (secondary N) is 1. The number of fused-ring (bicyclic) bond motifs is 1. The third-order valence-electron chi connectivity index (χ3n) is 2.68. The van der Waals surface area contributed by atoms with Gasteiger partial charge in [-0.2, -0.15) is 0 Å². The molecular weight excluding hydrogens is 272 g/mol. The van der Waals surface area contributed by atoms with Gasteiger partial charge in [0.05, 0.1) is 5.69 Å². The van der Waals surface area contributed by atoms with Crippen LogP contribution in [0.15, 0.2) is 33.9 Å². The third-order valence-corrected chi connectivity index (χ3v) is 2.89. The lowest BCUT2D eigenvalue weighted by Gasteiger charge is -2.18. The molecule has 0 radical (unpaired) electrons. The molecule has 0 spiro atoms. The Kier molecular flexibility index (Phi) is 2.79. The highest BCUT2D eigenvalue weighted by Crippen LogP contribution is 2.31. The highest BCUT2D eigenvalue weighted by Gasteiger charge is 2.14. The molecule has 1 aliphatic heterocycles. The maximum Gasteiger partial charge on any atom is 0.334 e. The molecule has 1 aromatic carbocycles. The molecule has 1 N–H and O–H groups in total. The lowest BCUT2D eigenvalue weighted by Crippen LogP contribution is -2.33. The number of hydrogen-bond acceptors (Lipinski definition) is 4. The molecule has 2 aromatic rings. The lowest BCUT2D eigenvalue weighted by atomic mass is 10.2. The van der Waals surface area contributed by atoms with Crippen molar-refractivity contribution in [3.05, 3.63) is 50.3 Å². The monoisotopic (exact) mass is 280 g/mol. The maximum atomic E-state index is 11.8. The van der Waals surface area contributed by atoms with E-state index in [1.165, 1.54) is 0 Å². The molecule has 0 atom stereocenters. The zero-order valence-corrected chi connectivity index (χ0v) is 10.4. The number of H-pyrrole nitrogens is 1. The van der Waals surface area contributed by atoms with Crippen molar-refractivity contribution in [2.75, 3.05) is 13.2 Å². The number of aromatic nitrogens is 2. The minimum atomic E-state index is -0.603. The van der Waals surface area contributed by atoms with E-state index < -0.39 is 11.2 Å². The second-order valence-corrected chi connectivity index (χ2v) is 4.33. The van der Waals surface area contributed by atoms with Crippen LogP contribution in [0.25, 0.3) is 5.69 Å². The summed E-state index contributed by atoms with van der Waals surface area (Å²) in [6.07, 6.45) is 0. The van der Waals surface area contributed by atoms with Crippen LogP contribution < -0.4 is 20.7 Å². The first kappa shape index (κ1) is 11.9. The molecule has 0 fully saturated rings. The van der Waals surface area contributed by atoms with Gasteiger partial charge in [0.15, 0.2) is 11.5 Å². The molecule has 0 aliphatic carbocycles. The summed E-state index contributed by atoms with van der Waals surface area (Å²) >= 11 is 5.61. The quantitative estimate of drug-likeness (QED) is 0.790. The molecule has 0 amide bonds. The Morgan fingerprint density at radius 1 is 1.11 bits per heavy atom. The average Bonchev–Trinajstić information content (AvgIpc) is 2.37. The lowest BCUT2D eigenvalue weighted by molar-refractivity contribution is 0.171. The number of aromatic amines is 1. The van der Waals surface area contributed by atoms with Crippen molar-refractivity contribution in [3.8, 4) is 17.2 Å². The van der Waals surface area contributed by atoms with E-state index in [-0.39, 0.29) is 5.15 Å². The molecule has 3 rings (SSSR count). The second-order valence-electron chi connectivity index (χ2n) is 3.92. The van der Waals surface area contributed by atoms with E-state index in [9.17, 15) is 9.59 Å². The van der Waals surface area contributed by atoms with Crippen LogP contribution in [0.2, 0.25) is 5.15 Å². The van der Waals surface area contributed by atoms with Gasteiger partial charge < -0.3 is 9.47 Å².